The van der Waals surface area contributed by atoms with Gasteiger partial charge in [-0.3, -0.25) is 4.79 Å². The molecule has 2 rings (SSSR count). The van der Waals surface area contributed by atoms with Crippen molar-refractivity contribution < 1.29 is 14.3 Å². The van der Waals surface area contributed by atoms with E-state index >= 15 is 0 Å². The number of nitriles is 1. The van der Waals surface area contributed by atoms with Crippen molar-refractivity contribution in [3.8, 4) is 11.8 Å². The van der Waals surface area contributed by atoms with Crippen molar-refractivity contribution >= 4 is 5.78 Å². The molecule has 0 N–H and O–H groups in total. The van der Waals surface area contributed by atoms with Crippen LogP contribution < -0.4 is 4.74 Å². The lowest BCUT2D eigenvalue weighted by molar-refractivity contribution is 0.0726. The van der Waals surface area contributed by atoms with E-state index in [1.807, 2.05) is 30.3 Å². The Hall–Kier alpha value is -2.64. The summed E-state index contributed by atoms with van der Waals surface area (Å²) in [7, 11) is 1.61. The van der Waals surface area contributed by atoms with Crippen LogP contribution in [-0.2, 0) is 11.3 Å². The number of ketones is 1. The van der Waals surface area contributed by atoms with Gasteiger partial charge in [-0.2, -0.15) is 5.26 Å². The van der Waals surface area contributed by atoms with Crippen LogP contribution in [0.1, 0.15) is 21.5 Å². The monoisotopic (exact) mass is 281 g/mol. The van der Waals surface area contributed by atoms with Gasteiger partial charge >= 0.3 is 0 Å². The lowest BCUT2D eigenvalue weighted by Crippen LogP contribution is -2.09. The standard InChI is InChI=1S/C17H15NO3/c1-20-16-4-2-3-14(9-16)11-21-12-17(19)15-7-5-13(10-18)6-8-15/h2-9H,11-12H2,1H3. The maximum Gasteiger partial charge on any atom is 0.188 e. The third-order valence-corrected chi connectivity index (χ3v) is 2.97. The summed E-state index contributed by atoms with van der Waals surface area (Å²) < 4.78 is 10.5. The van der Waals surface area contributed by atoms with Gasteiger partial charge in [0.15, 0.2) is 5.78 Å². The van der Waals surface area contributed by atoms with E-state index in [2.05, 4.69) is 0 Å². The van der Waals surface area contributed by atoms with Crippen LogP contribution in [0.4, 0.5) is 0 Å². The molecular weight excluding hydrogens is 266 g/mol. The Balaban J connectivity index is 1.87. The quantitative estimate of drug-likeness (QED) is 0.764. The summed E-state index contributed by atoms with van der Waals surface area (Å²) >= 11 is 0. The van der Waals surface area contributed by atoms with Crippen molar-refractivity contribution in [2.24, 2.45) is 0 Å². The average Bonchev–Trinajstić information content (AvgIpc) is 2.55. The van der Waals surface area contributed by atoms with Crippen molar-refractivity contribution in [2.45, 2.75) is 6.61 Å². The molecule has 0 saturated carbocycles. The SMILES string of the molecule is COc1cccc(COCC(=O)c2ccc(C#N)cc2)c1. The topological polar surface area (TPSA) is 59.3 Å². The molecule has 0 amide bonds. The largest absolute Gasteiger partial charge is 0.497 e. The Kier molecular flexibility index (Phi) is 5.08. The third kappa shape index (κ3) is 4.16. The van der Waals surface area contributed by atoms with Crippen LogP contribution in [0.2, 0.25) is 0 Å². The number of Topliss-reactive ketones (excluding diaryl/α,β-unsaturated/α-hetero) is 1. The van der Waals surface area contributed by atoms with Gasteiger partial charge in [-0.1, -0.05) is 24.3 Å². The summed E-state index contributed by atoms with van der Waals surface area (Å²) in [6.07, 6.45) is 0. The van der Waals surface area contributed by atoms with Gasteiger partial charge in [-0.15, -0.1) is 0 Å². The number of carbonyl (C=O) groups is 1. The predicted octanol–water partition coefficient (Wildman–Crippen LogP) is 2.97. The molecule has 4 nitrogen and oxygen atoms in total. The van der Waals surface area contributed by atoms with E-state index in [4.69, 9.17) is 14.7 Å². The molecule has 2 aromatic carbocycles. The Labute approximate surface area is 123 Å². The lowest BCUT2D eigenvalue weighted by atomic mass is 10.1. The van der Waals surface area contributed by atoms with Crippen molar-refractivity contribution in [3.05, 3.63) is 65.2 Å². The second kappa shape index (κ2) is 7.22. The molecule has 106 valence electrons. The maximum atomic E-state index is 11.9. The van der Waals surface area contributed by atoms with Crippen molar-refractivity contribution in [1.29, 1.82) is 5.26 Å². The summed E-state index contributed by atoms with van der Waals surface area (Å²) in [5, 5.41) is 8.71. The van der Waals surface area contributed by atoms with Crippen molar-refractivity contribution in [1.82, 2.24) is 0 Å². The fourth-order valence-electron chi connectivity index (χ4n) is 1.84. The van der Waals surface area contributed by atoms with Gasteiger partial charge in [0.2, 0.25) is 0 Å². The van der Waals surface area contributed by atoms with Gasteiger partial charge in [-0.05, 0) is 29.8 Å². The zero-order valence-electron chi connectivity index (χ0n) is 11.7. The highest BCUT2D eigenvalue weighted by Gasteiger charge is 2.06. The molecule has 0 bridgehead atoms. The normalized spacial score (nSPS) is 9.90. The Morgan fingerprint density at radius 2 is 1.95 bits per heavy atom. The van der Waals surface area contributed by atoms with Crippen LogP contribution in [-0.4, -0.2) is 19.5 Å². The predicted molar refractivity (Wildman–Crippen MR) is 78.1 cm³/mol. The summed E-state index contributed by atoms with van der Waals surface area (Å²) in [6, 6.07) is 16.0. The van der Waals surface area contributed by atoms with Crippen molar-refractivity contribution in [3.63, 3.8) is 0 Å². The minimum absolute atomic E-state index is 0.00309. The van der Waals surface area contributed by atoms with Crippen LogP contribution in [0, 0.1) is 11.3 Å². The average molecular weight is 281 g/mol. The number of rotatable bonds is 6. The molecule has 0 radical (unpaired) electrons. The van der Waals surface area contributed by atoms with Crippen molar-refractivity contribution in [2.75, 3.05) is 13.7 Å². The first-order valence-electron chi connectivity index (χ1n) is 6.47. The van der Waals surface area contributed by atoms with Crippen LogP contribution in [0.25, 0.3) is 0 Å². The number of methoxy groups -OCH3 is 1. The number of hydrogen-bond donors (Lipinski definition) is 0. The molecule has 0 aliphatic carbocycles. The molecule has 0 aliphatic heterocycles. The third-order valence-electron chi connectivity index (χ3n) is 2.97. The maximum absolute atomic E-state index is 11.9. The van der Waals surface area contributed by atoms with Gasteiger partial charge in [-0.25, -0.2) is 0 Å². The molecule has 0 heterocycles. The van der Waals surface area contributed by atoms with E-state index in [1.165, 1.54) is 0 Å². The Bertz CT molecular complexity index is 656. The smallest absolute Gasteiger partial charge is 0.188 e. The molecule has 4 heteroatoms. The van der Waals surface area contributed by atoms with E-state index in [9.17, 15) is 4.79 Å². The zero-order chi connectivity index (χ0) is 15.1. The molecule has 21 heavy (non-hydrogen) atoms. The first-order valence-corrected chi connectivity index (χ1v) is 6.47. The van der Waals surface area contributed by atoms with E-state index in [0.29, 0.717) is 17.7 Å². The molecule has 0 aromatic heterocycles. The number of ether oxygens (including phenoxy) is 2. The molecule has 0 fully saturated rings. The van der Waals surface area contributed by atoms with Gasteiger partial charge in [0.25, 0.3) is 0 Å². The number of benzene rings is 2. The summed E-state index contributed by atoms with van der Waals surface area (Å²) in [6.45, 7) is 0.350. The molecule has 2 aromatic rings. The Morgan fingerprint density at radius 1 is 1.19 bits per heavy atom. The van der Waals surface area contributed by atoms with Crippen LogP contribution in [0.15, 0.2) is 48.5 Å². The summed E-state index contributed by atoms with van der Waals surface area (Å²) in [5.41, 5.74) is 2.02. The second-order valence-electron chi connectivity index (χ2n) is 4.46. The Morgan fingerprint density at radius 3 is 2.62 bits per heavy atom. The van der Waals surface area contributed by atoms with Crippen LogP contribution in [0.5, 0.6) is 5.75 Å². The molecule has 0 spiro atoms. The number of carbonyl (C=O) groups excluding carboxylic acids is 1. The molecular formula is C17H15NO3. The summed E-state index contributed by atoms with van der Waals surface area (Å²) in [5.74, 6) is 0.650. The first kappa shape index (κ1) is 14.8. The number of nitrogens with zero attached hydrogens (tertiary/aromatic N) is 1. The van der Waals surface area contributed by atoms with E-state index < -0.39 is 0 Å². The minimum atomic E-state index is -0.109. The van der Waals surface area contributed by atoms with E-state index in [1.54, 1.807) is 31.4 Å². The zero-order valence-corrected chi connectivity index (χ0v) is 11.7. The highest BCUT2D eigenvalue weighted by atomic mass is 16.5. The van der Waals surface area contributed by atoms with Gasteiger partial charge in [0.1, 0.15) is 12.4 Å². The molecule has 0 atom stereocenters. The fraction of sp³-hybridized carbons (Fsp3) is 0.176. The van der Waals surface area contributed by atoms with Gasteiger partial charge in [0, 0.05) is 5.56 Å². The van der Waals surface area contributed by atoms with Crippen LogP contribution in [0.3, 0.4) is 0 Å². The van der Waals surface area contributed by atoms with E-state index in [0.717, 1.165) is 11.3 Å². The highest BCUT2D eigenvalue weighted by molar-refractivity contribution is 5.97. The lowest BCUT2D eigenvalue weighted by Gasteiger charge is -2.06. The molecule has 0 aliphatic rings. The molecule has 0 unspecified atom stereocenters. The van der Waals surface area contributed by atoms with E-state index in [-0.39, 0.29) is 12.4 Å². The van der Waals surface area contributed by atoms with Gasteiger partial charge in [0.05, 0.1) is 25.3 Å². The first-order chi connectivity index (χ1) is 10.2. The fourth-order valence-corrected chi connectivity index (χ4v) is 1.84. The highest BCUT2D eigenvalue weighted by Crippen LogP contribution is 2.13. The second-order valence-corrected chi connectivity index (χ2v) is 4.46. The van der Waals surface area contributed by atoms with Gasteiger partial charge < -0.3 is 9.47 Å². The molecule has 0 saturated heterocycles. The summed E-state index contributed by atoms with van der Waals surface area (Å²) in [4.78, 5) is 11.9. The minimum Gasteiger partial charge on any atom is -0.497 e. The van der Waals surface area contributed by atoms with Crippen LogP contribution >= 0.6 is 0 Å². The number of hydrogen-bond acceptors (Lipinski definition) is 4.